The molecule has 0 saturated heterocycles. The van der Waals surface area contributed by atoms with E-state index in [1.165, 1.54) is 12.2 Å². The van der Waals surface area contributed by atoms with Crippen molar-refractivity contribution in [2.75, 3.05) is 6.61 Å². The van der Waals surface area contributed by atoms with Gasteiger partial charge in [-0.15, -0.1) is 0 Å². The zero-order chi connectivity index (χ0) is 24.2. The van der Waals surface area contributed by atoms with E-state index in [0.717, 1.165) is 22.4 Å². The highest BCUT2D eigenvalue weighted by atomic mass is 16.5. The predicted octanol–water partition coefficient (Wildman–Crippen LogP) is 5.38. The summed E-state index contributed by atoms with van der Waals surface area (Å²) in [5.41, 5.74) is 2.56. The number of hydrogen-bond donors (Lipinski definition) is 2. The fourth-order valence-corrected chi connectivity index (χ4v) is 3.08. The molecule has 0 radical (unpaired) electrons. The summed E-state index contributed by atoms with van der Waals surface area (Å²) in [5, 5.41) is 5.74. The summed E-state index contributed by atoms with van der Waals surface area (Å²) < 4.78 is 5.74. The molecule has 2 amide bonds. The van der Waals surface area contributed by atoms with E-state index in [2.05, 4.69) is 24.5 Å². The van der Waals surface area contributed by atoms with Gasteiger partial charge in [0.05, 0.1) is 6.61 Å². The van der Waals surface area contributed by atoms with E-state index >= 15 is 0 Å². The number of carbonyl (C=O) groups excluding carboxylic acids is 2. The third-order valence-electron chi connectivity index (χ3n) is 4.82. The zero-order valence-electron chi connectivity index (χ0n) is 19.5. The topological polar surface area (TPSA) is 67.4 Å². The van der Waals surface area contributed by atoms with Crippen LogP contribution in [0.5, 0.6) is 5.75 Å². The maximum atomic E-state index is 12.6. The average Bonchev–Trinajstić information content (AvgIpc) is 2.86. The van der Waals surface area contributed by atoms with Gasteiger partial charge in [0, 0.05) is 12.2 Å². The van der Waals surface area contributed by atoms with Gasteiger partial charge < -0.3 is 15.4 Å². The van der Waals surface area contributed by atoms with Crippen molar-refractivity contribution in [3.05, 3.63) is 114 Å². The molecule has 174 valence electrons. The molecule has 34 heavy (non-hydrogen) atoms. The maximum absolute atomic E-state index is 12.6. The van der Waals surface area contributed by atoms with Gasteiger partial charge in [-0.2, -0.15) is 0 Å². The minimum absolute atomic E-state index is 0.318. The molecule has 0 unspecified atom stereocenters. The van der Waals surface area contributed by atoms with E-state index in [-0.39, 0.29) is 11.8 Å². The molecular weight excluding hydrogens is 424 g/mol. The summed E-state index contributed by atoms with van der Waals surface area (Å²) in [7, 11) is 0. The SMILES string of the molecule is CC(C)COc1ccc(C(NC(=O)/C=C/c2ccccc2)NC(=O)/C=C/c2ccccc2)cc1. The first-order chi connectivity index (χ1) is 16.5. The molecule has 3 aromatic rings. The largest absolute Gasteiger partial charge is 0.493 e. The fourth-order valence-electron chi connectivity index (χ4n) is 3.08. The Morgan fingerprint density at radius 3 is 1.65 bits per heavy atom. The van der Waals surface area contributed by atoms with Crippen LogP contribution in [0.1, 0.15) is 36.7 Å². The highest BCUT2D eigenvalue weighted by molar-refractivity contribution is 5.94. The van der Waals surface area contributed by atoms with E-state index in [0.29, 0.717) is 12.5 Å². The first-order valence-electron chi connectivity index (χ1n) is 11.3. The van der Waals surface area contributed by atoms with E-state index in [4.69, 9.17) is 4.74 Å². The van der Waals surface area contributed by atoms with E-state index in [9.17, 15) is 9.59 Å². The summed E-state index contributed by atoms with van der Waals surface area (Å²) >= 11 is 0. The van der Waals surface area contributed by atoms with Gasteiger partial charge in [0.2, 0.25) is 11.8 Å². The Labute approximate surface area is 201 Å². The lowest BCUT2D eigenvalue weighted by Crippen LogP contribution is -2.39. The normalized spacial score (nSPS) is 11.3. The van der Waals surface area contributed by atoms with Crippen LogP contribution in [-0.4, -0.2) is 18.4 Å². The molecule has 0 fully saturated rings. The third-order valence-corrected chi connectivity index (χ3v) is 4.82. The van der Waals surface area contributed by atoms with Crippen molar-refractivity contribution in [1.29, 1.82) is 0 Å². The Balaban J connectivity index is 1.72. The predicted molar refractivity (Wildman–Crippen MR) is 137 cm³/mol. The second kappa shape index (κ2) is 12.8. The molecule has 0 spiro atoms. The minimum atomic E-state index is -0.708. The molecule has 2 N–H and O–H groups in total. The molecule has 5 heteroatoms. The number of benzene rings is 3. The highest BCUT2D eigenvalue weighted by Gasteiger charge is 2.15. The molecule has 3 aromatic carbocycles. The van der Waals surface area contributed by atoms with Crippen LogP contribution in [-0.2, 0) is 9.59 Å². The van der Waals surface area contributed by atoms with Crippen molar-refractivity contribution in [3.63, 3.8) is 0 Å². The molecule has 0 aliphatic heterocycles. The molecule has 0 atom stereocenters. The van der Waals surface area contributed by atoms with Crippen LogP contribution in [0, 0.1) is 5.92 Å². The van der Waals surface area contributed by atoms with Crippen LogP contribution < -0.4 is 15.4 Å². The lowest BCUT2D eigenvalue weighted by atomic mass is 10.1. The van der Waals surface area contributed by atoms with Gasteiger partial charge in [-0.1, -0.05) is 86.6 Å². The van der Waals surface area contributed by atoms with Crippen molar-refractivity contribution in [2.45, 2.75) is 20.0 Å². The van der Waals surface area contributed by atoms with Gasteiger partial charge in [-0.3, -0.25) is 9.59 Å². The highest BCUT2D eigenvalue weighted by Crippen LogP contribution is 2.18. The fraction of sp³-hybridized carbons (Fsp3) is 0.172. The molecule has 5 nitrogen and oxygen atoms in total. The standard InChI is InChI=1S/C29H30N2O3/c1-22(2)21-34-26-17-15-25(16-18-26)29(30-27(32)19-13-23-9-5-3-6-10-23)31-28(33)20-14-24-11-7-4-8-12-24/h3-20,22,29H,21H2,1-2H3,(H,30,32)(H,31,33)/b19-13+,20-14+. The van der Waals surface area contributed by atoms with Crippen LogP contribution in [0.15, 0.2) is 97.1 Å². The van der Waals surface area contributed by atoms with Crippen molar-refractivity contribution in [1.82, 2.24) is 10.6 Å². The van der Waals surface area contributed by atoms with Crippen LogP contribution in [0.25, 0.3) is 12.2 Å². The van der Waals surface area contributed by atoms with Crippen LogP contribution >= 0.6 is 0 Å². The Bertz CT molecular complexity index is 1040. The number of ether oxygens (including phenoxy) is 1. The smallest absolute Gasteiger partial charge is 0.245 e. The molecular formula is C29H30N2O3. The molecule has 3 rings (SSSR count). The average molecular weight is 455 g/mol. The molecule has 0 bridgehead atoms. The third kappa shape index (κ3) is 8.43. The van der Waals surface area contributed by atoms with Crippen molar-refractivity contribution in [3.8, 4) is 5.75 Å². The van der Waals surface area contributed by atoms with Crippen LogP contribution in [0.3, 0.4) is 0 Å². The van der Waals surface area contributed by atoms with E-state index in [1.807, 2.05) is 84.9 Å². The first-order valence-corrected chi connectivity index (χ1v) is 11.3. The summed E-state index contributed by atoms with van der Waals surface area (Å²) in [5.74, 6) is 0.517. The van der Waals surface area contributed by atoms with Gasteiger partial charge in [-0.25, -0.2) is 0 Å². The lowest BCUT2D eigenvalue weighted by molar-refractivity contribution is -0.119. The molecule has 0 aliphatic rings. The number of amides is 2. The zero-order valence-corrected chi connectivity index (χ0v) is 19.5. The molecule has 0 aliphatic carbocycles. The maximum Gasteiger partial charge on any atom is 0.245 e. The van der Waals surface area contributed by atoms with Crippen molar-refractivity contribution < 1.29 is 14.3 Å². The minimum Gasteiger partial charge on any atom is -0.493 e. The molecule has 0 aromatic heterocycles. The van der Waals surface area contributed by atoms with Gasteiger partial charge in [0.15, 0.2) is 0 Å². The van der Waals surface area contributed by atoms with E-state index in [1.54, 1.807) is 12.2 Å². The Morgan fingerprint density at radius 1 is 0.735 bits per heavy atom. The van der Waals surface area contributed by atoms with Crippen molar-refractivity contribution >= 4 is 24.0 Å². The van der Waals surface area contributed by atoms with Crippen molar-refractivity contribution in [2.24, 2.45) is 5.92 Å². The number of hydrogen-bond acceptors (Lipinski definition) is 3. The summed E-state index contributed by atoms with van der Waals surface area (Å²) in [6.07, 6.45) is 5.65. The molecule has 0 heterocycles. The number of rotatable bonds is 10. The van der Waals surface area contributed by atoms with Gasteiger partial charge in [0.1, 0.15) is 11.9 Å². The molecule has 0 saturated carbocycles. The Kier molecular flexibility index (Phi) is 9.23. The number of nitrogens with one attached hydrogen (secondary N) is 2. The summed E-state index contributed by atoms with van der Waals surface area (Å²) in [6, 6.07) is 26.4. The van der Waals surface area contributed by atoms with Crippen LogP contribution in [0.4, 0.5) is 0 Å². The second-order valence-corrected chi connectivity index (χ2v) is 8.21. The monoisotopic (exact) mass is 454 g/mol. The number of carbonyl (C=O) groups is 2. The van der Waals surface area contributed by atoms with Gasteiger partial charge in [0.25, 0.3) is 0 Å². The van der Waals surface area contributed by atoms with Crippen LogP contribution in [0.2, 0.25) is 0 Å². The lowest BCUT2D eigenvalue weighted by Gasteiger charge is -2.20. The summed E-state index contributed by atoms with van der Waals surface area (Å²) in [6.45, 7) is 4.79. The Morgan fingerprint density at radius 2 is 1.21 bits per heavy atom. The Hall–Kier alpha value is -4.12. The first kappa shape index (κ1) is 24.5. The van der Waals surface area contributed by atoms with E-state index < -0.39 is 6.17 Å². The van der Waals surface area contributed by atoms with Gasteiger partial charge >= 0.3 is 0 Å². The quantitative estimate of drug-likeness (QED) is 0.319. The second-order valence-electron chi connectivity index (χ2n) is 8.21. The van der Waals surface area contributed by atoms with Gasteiger partial charge in [-0.05, 0) is 46.9 Å². The summed E-state index contributed by atoms with van der Waals surface area (Å²) in [4.78, 5) is 25.2.